The second kappa shape index (κ2) is 17.5. The average molecular weight is 730 g/mol. The summed E-state index contributed by atoms with van der Waals surface area (Å²) in [5.41, 5.74) is 6.20. The highest BCUT2D eigenvalue weighted by Crippen LogP contribution is 2.44. The molecule has 0 spiro atoms. The lowest BCUT2D eigenvalue weighted by Gasteiger charge is -2.28. The SMILES string of the molecule is COc1c(O)cc2cc1Oc1ccc(cc1[N+](=O)[O-])C[C@@H](NC(=O)[C@H](N)CC(C)C)C(=O)N[C@@H](Cc1ccccc1)C(=O)N[C@H]2[C@H](O)C(=O)O.Cl. The number of fused-ring (bicyclic) bond motifs is 9. The predicted molar refractivity (Wildman–Crippen MR) is 185 cm³/mol. The number of aliphatic hydroxyl groups excluding tert-OH is 1. The van der Waals surface area contributed by atoms with E-state index in [1.165, 1.54) is 19.2 Å². The van der Waals surface area contributed by atoms with Crippen LogP contribution in [0.4, 0.5) is 5.69 Å². The Morgan fingerprint density at radius 1 is 1.08 bits per heavy atom. The number of nitrogens with zero attached hydrogens (tertiary/aromatic N) is 1. The van der Waals surface area contributed by atoms with Gasteiger partial charge in [-0.05, 0) is 47.2 Å². The lowest BCUT2D eigenvalue weighted by Crippen LogP contribution is -2.57. The Balaban J connectivity index is 0.00000702. The van der Waals surface area contributed by atoms with Gasteiger partial charge in [0.25, 0.3) is 0 Å². The first kappa shape index (κ1) is 40.0. The van der Waals surface area contributed by atoms with E-state index in [1.54, 1.807) is 30.3 Å². The number of hydrogen-bond acceptors (Lipinski definition) is 11. The summed E-state index contributed by atoms with van der Waals surface area (Å²) in [6.45, 7) is 3.73. The van der Waals surface area contributed by atoms with E-state index < -0.39 is 70.3 Å². The number of carbonyl (C=O) groups excluding carboxylic acids is 3. The Kier molecular flexibility index (Phi) is 13.7. The highest BCUT2D eigenvalue weighted by Gasteiger charge is 2.35. The van der Waals surface area contributed by atoms with Crippen molar-refractivity contribution in [3.8, 4) is 23.0 Å². The number of phenolic OH excluding ortho intramolecular Hbond substituents is 1. The Morgan fingerprint density at radius 3 is 2.37 bits per heavy atom. The third kappa shape index (κ3) is 10.1. The van der Waals surface area contributed by atoms with Gasteiger partial charge in [-0.2, -0.15) is 0 Å². The van der Waals surface area contributed by atoms with Gasteiger partial charge >= 0.3 is 11.7 Å². The number of aliphatic carboxylic acids is 1. The first-order valence-corrected chi connectivity index (χ1v) is 15.7. The van der Waals surface area contributed by atoms with Crippen LogP contribution in [0, 0.1) is 16.0 Å². The number of carboxylic acids is 1. The number of nitro groups is 1. The van der Waals surface area contributed by atoms with Gasteiger partial charge in [0.2, 0.25) is 29.2 Å². The number of carboxylic acid groups (broad SMARTS) is 1. The van der Waals surface area contributed by atoms with Gasteiger partial charge < -0.3 is 46.5 Å². The van der Waals surface area contributed by atoms with E-state index in [0.29, 0.717) is 12.0 Å². The van der Waals surface area contributed by atoms with E-state index in [2.05, 4.69) is 16.0 Å². The highest BCUT2D eigenvalue weighted by atomic mass is 35.5. The molecule has 5 atom stereocenters. The smallest absolute Gasteiger partial charge is 0.335 e. The van der Waals surface area contributed by atoms with Crippen molar-refractivity contribution >= 4 is 41.8 Å². The van der Waals surface area contributed by atoms with Gasteiger partial charge in [0.05, 0.1) is 24.1 Å². The molecule has 4 bridgehead atoms. The molecule has 3 aromatic carbocycles. The third-order valence-electron chi connectivity index (χ3n) is 7.98. The molecule has 0 unspecified atom stereocenters. The lowest BCUT2D eigenvalue weighted by molar-refractivity contribution is -0.385. The van der Waals surface area contributed by atoms with Crippen LogP contribution >= 0.6 is 12.4 Å². The molecule has 0 radical (unpaired) electrons. The van der Waals surface area contributed by atoms with Gasteiger partial charge in [0.15, 0.2) is 17.6 Å². The molecule has 3 aromatic rings. The number of hydrogen-bond donors (Lipinski definition) is 7. The van der Waals surface area contributed by atoms with Gasteiger partial charge in [0, 0.05) is 18.9 Å². The van der Waals surface area contributed by atoms with Crippen molar-refractivity contribution in [1.29, 1.82) is 0 Å². The number of nitro benzene ring substituents is 1. The van der Waals surface area contributed by atoms with Crippen LogP contribution < -0.4 is 31.2 Å². The van der Waals surface area contributed by atoms with E-state index in [1.807, 2.05) is 13.8 Å². The van der Waals surface area contributed by atoms with E-state index >= 15 is 0 Å². The van der Waals surface area contributed by atoms with E-state index in [0.717, 1.165) is 18.2 Å². The summed E-state index contributed by atoms with van der Waals surface area (Å²) in [4.78, 5) is 64.5. The molecule has 5 rings (SSSR count). The number of nitrogens with two attached hydrogens (primary N) is 1. The zero-order valence-corrected chi connectivity index (χ0v) is 28.7. The van der Waals surface area contributed by atoms with Crippen LogP contribution in [0.15, 0.2) is 60.7 Å². The molecule has 51 heavy (non-hydrogen) atoms. The topological polar surface area (TPSA) is 253 Å². The molecule has 16 nitrogen and oxygen atoms in total. The first-order chi connectivity index (χ1) is 23.7. The second-order valence-electron chi connectivity index (χ2n) is 12.3. The van der Waals surface area contributed by atoms with Crippen LogP contribution in [0.2, 0.25) is 0 Å². The number of nitrogens with one attached hydrogen (secondary N) is 3. The number of aromatic hydroxyl groups is 1. The Morgan fingerprint density at radius 2 is 1.76 bits per heavy atom. The molecular weight excluding hydrogens is 690 g/mol. The standard InChI is InChI=1S/C34H39N5O11.ClH/c1-17(2)11-21(35)31(42)36-23-13-19-9-10-26(24(14-19)39(47)48)50-27-16-20(15-25(40)30(27)49-3)28(29(41)34(45)46)38-33(44)22(37-32(23)43)12-18-7-5-4-6-8-18;/h4-10,14-17,21-23,28-29,40-41H,11-13,35H2,1-3H3,(H,36,42)(H,37,43)(H,38,44)(H,45,46);1H/t21-,22+,23-,28-,29+;/m1./s1. The van der Waals surface area contributed by atoms with Crippen molar-refractivity contribution in [3.05, 3.63) is 87.5 Å². The predicted octanol–water partition coefficient (Wildman–Crippen LogP) is 2.27. The molecule has 2 aliphatic rings. The van der Waals surface area contributed by atoms with Gasteiger partial charge in [-0.1, -0.05) is 50.2 Å². The van der Waals surface area contributed by atoms with Crippen molar-refractivity contribution in [3.63, 3.8) is 0 Å². The molecule has 274 valence electrons. The van der Waals surface area contributed by atoms with Crippen LogP contribution in [0.3, 0.4) is 0 Å². The number of halogens is 1. The van der Waals surface area contributed by atoms with Crippen molar-refractivity contribution in [2.24, 2.45) is 11.7 Å². The summed E-state index contributed by atoms with van der Waals surface area (Å²) < 4.78 is 11.1. The summed E-state index contributed by atoms with van der Waals surface area (Å²) in [5.74, 6) is -5.63. The Hall–Kier alpha value is -5.45. The zero-order valence-electron chi connectivity index (χ0n) is 27.9. The fraction of sp³-hybridized carbons (Fsp3) is 0.353. The maximum absolute atomic E-state index is 13.9. The fourth-order valence-corrected chi connectivity index (χ4v) is 5.52. The number of amides is 3. The minimum atomic E-state index is -2.28. The average Bonchev–Trinajstić information content (AvgIpc) is 3.06. The van der Waals surface area contributed by atoms with Crippen LogP contribution in [0.1, 0.15) is 43.0 Å². The minimum Gasteiger partial charge on any atom is -0.504 e. The van der Waals surface area contributed by atoms with E-state index in [9.17, 15) is 44.6 Å². The molecule has 2 aliphatic heterocycles. The van der Waals surface area contributed by atoms with Crippen molar-refractivity contribution in [2.45, 2.75) is 63.4 Å². The Bertz CT molecular complexity index is 1760. The van der Waals surface area contributed by atoms with Crippen molar-refractivity contribution < 1.29 is 48.9 Å². The van der Waals surface area contributed by atoms with E-state index in [-0.39, 0.29) is 59.5 Å². The molecule has 2 heterocycles. The maximum atomic E-state index is 13.9. The maximum Gasteiger partial charge on any atom is 0.335 e. The molecule has 3 amide bonds. The van der Waals surface area contributed by atoms with Crippen LogP contribution in [-0.4, -0.2) is 75.3 Å². The van der Waals surface area contributed by atoms with Gasteiger partial charge in [-0.15, -0.1) is 12.4 Å². The molecule has 0 saturated carbocycles. The minimum absolute atomic E-state index is 0. The summed E-state index contributed by atoms with van der Waals surface area (Å²) in [6, 6.07) is 9.02. The third-order valence-corrected chi connectivity index (χ3v) is 7.98. The number of methoxy groups -OCH3 is 1. The van der Waals surface area contributed by atoms with Crippen molar-refractivity contribution in [1.82, 2.24) is 16.0 Å². The van der Waals surface area contributed by atoms with Gasteiger partial charge in [-0.25, -0.2) is 4.79 Å². The number of carbonyl (C=O) groups is 4. The van der Waals surface area contributed by atoms with Crippen molar-refractivity contribution in [2.75, 3.05) is 7.11 Å². The highest BCUT2D eigenvalue weighted by molar-refractivity contribution is 5.93. The summed E-state index contributed by atoms with van der Waals surface area (Å²) in [5, 5.41) is 51.2. The fourth-order valence-electron chi connectivity index (χ4n) is 5.52. The molecule has 0 aromatic heterocycles. The zero-order chi connectivity index (χ0) is 36.7. The first-order valence-electron chi connectivity index (χ1n) is 15.7. The summed E-state index contributed by atoms with van der Waals surface area (Å²) in [6.07, 6.45) is -2.37. The van der Waals surface area contributed by atoms with Crippen LogP contribution in [-0.2, 0) is 32.0 Å². The number of rotatable bonds is 10. The molecule has 17 heteroatoms. The molecule has 8 N–H and O–H groups in total. The quantitative estimate of drug-likeness (QED) is 0.117. The lowest BCUT2D eigenvalue weighted by atomic mass is 9.97. The van der Waals surface area contributed by atoms with E-state index in [4.69, 9.17) is 15.2 Å². The number of phenols is 1. The van der Waals surface area contributed by atoms with Crippen LogP contribution in [0.5, 0.6) is 23.0 Å². The normalized spacial score (nSPS) is 18.7. The summed E-state index contributed by atoms with van der Waals surface area (Å²) in [7, 11) is 1.19. The largest absolute Gasteiger partial charge is 0.504 e. The van der Waals surface area contributed by atoms with Gasteiger partial charge in [-0.3, -0.25) is 24.5 Å². The molecule has 0 fully saturated rings. The van der Waals surface area contributed by atoms with Gasteiger partial charge in [0.1, 0.15) is 12.1 Å². The Labute approximate surface area is 298 Å². The number of ether oxygens (including phenoxy) is 2. The molecule has 0 aliphatic carbocycles. The van der Waals surface area contributed by atoms with Crippen LogP contribution in [0.25, 0.3) is 0 Å². The molecule has 0 saturated heterocycles. The summed E-state index contributed by atoms with van der Waals surface area (Å²) >= 11 is 0. The number of aliphatic hydroxyl groups is 1. The monoisotopic (exact) mass is 729 g/mol. The number of benzene rings is 3. The molecular formula is C34H40ClN5O11. The second-order valence-corrected chi connectivity index (χ2v) is 12.3.